The van der Waals surface area contributed by atoms with Crippen LogP contribution in [0.3, 0.4) is 0 Å². The van der Waals surface area contributed by atoms with Gasteiger partial charge in [0.1, 0.15) is 0 Å². The molecule has 2 fully saturated rings. The molecule has 0 amide bonds. The van der Waals surface area contributed by atoms with Crippen molar-refractivity contribution in [3.05, 3.63) is 35.9 Å². The summed E-state index contributed by atoms with van der Waals surface area (Å²) in [6.45, 7) is 12.1. The molecule has 1 aromatic rings. The maximum absolute atomic E-state index is 5.50. The summed E-state index contributed by atoms with van der Waals surface area (Å²) in [5.74, 6) is 0.835. The number of hydrogen-bond donors (Lipinski definition) is 1. The molecular formula is C20H33N3O. The number of nitrogens with zero attached hydrogens (tertiary/aromatic N) is 2. The summed E-state index contributed by atoms with van der Waals surface area (Å²) < 4.78 is 5.50. The summed E-state index contributed by atoms with van der Waals surface area (Å²) in [6.07, 6.45) is 2.63. The number of nitrogens with one attached hydrogen (secondary N) is 1. The lowest BCUT2D eigenvalue weighted by atomic mass is 9.96. The van der Waals surface area contributed by atoms with Crippen molar-refractivity contribution in [3.63, 3.8) is 0 Å². The number of morpholine rings is 1. The lowest BCUT2D eigenvalue weighted by molar-refractivity contribution is 0.0211. The molecule has 4 heteroatoms. The van der Waals surface area contributed by atoms with E-state index >= 15 is 0 Å². The SMILES string of the molecule is C[C@@H](CN1CCOCC1)N(Cc1ccccc1)CC1CCNCC1. The van der Waals surface area contributed by atoms with Crippen molar-refractivity contribution in [2.75, 3.05) is 52.5 Å². The van der Waals surface area contributed by atoms with Gasteiger partial charge >= 0.3 is 0 Å². The van der Waals surface area contributed by atoms with Crippen molar-refractivity contribution < 1.29 is 4.74 Å². The first-order valence-electron chi connectivity index (χ1n) is 9.60. The van der Waals surface area contributed by atoms with Crippen LogP contribution in [0.15, 0.2) is 30.3 Å². The zero-order valence-electron chi connectivity index (χ0n) is 15.1. The molecule has 2 aliphatic rings. The van der Waals surface area contributed by atoms with Crippen LogP contribution < -0.4 is 5.32 Å². The van der Waals surface area contributed by atoms with Crippen LogP contribution in [0, 0.1) is 5.92 Å². The molecule has 0 bridgehead atoms. The van der Waals surface area contributed by atoms with E-state index in [1.165, 1.54) is 38.0 Å². The third kappa shape index (κ3) is 5.55. The van der Waals surface area contributed by atoms with E-state index in [9.17, 15) is 0 Å². The molecular weight excluding hydrogens is 298 g/mol. The topological polar surface area (TPSA) is 27.7 Å². The molecule has 0 spiro atoms. The average Bonchev–Trinajstić information content (AvgIpc) is 2.64. The first-order chi connectivity index (χ1) is 11.8. The summed E-state index contributed by atoms with van der Waals surface area (Å²) in [6, 6.07) is 11.5. The molecule has 1 N–H and O–H groups in total. The predicted molar refractivity (Wildman–Crippen MR) is 99.2 cm³/mol. The van der Waals surface area contributed by atoms with Crippen LogP contribution in [0.1, 0.15) is 25.3 Å². The van der Waals surface area contributed by atoms with E-state index < -0.39 is 0 Å². The van der Waals surface area contributed by atoms with Gasteiger partial charge in [0.15, 0.2) is 0 Å². The van der Waals surface area contributed by atoms with Gasteiger partial charge in [-0.25, -0.2) is 0 Å². The zero-order chi connectivity index (χ0) is 16.6. The number of piperidine rings is 1. The number of benzene rings is 1. The molecule has 0 aromatic heterocycles. The van der Waals surface area contributed by atoms with E-state index in [0.29, 0.717) is 6.04 Å². The fraction of sp³-hybridized carbons (Fsp3) is 0.700. The largest absolute Gasteiger partial charge is 0.379 e. The molecule has 2 aliphatic heterocycles. The number of hydrogen-bond acceptors (Lipinski definition) is 4. The third-order valence-electron chi connectivity index (χ3n) is 5.43. The van der Waals surface area contributed by atoms with Crippen LogP contribution in [-0.2, 0) is 11.3 Å². The van der Waals surface area contributed by atoms with Crippen LogP contribution in [0.25, 0.3) is 0 Å². The molecule has 3 rings (SSSR count). The van der Waals surface area contributed by atoms with Crippen LogP contribution in [-0.4, -0.2) is 68.3 Å². The van der Waals surface area contributed by atoms with E-state index in [-0.39, 0.29) is 0 Å². The standard InChI is InChI=1S/C20H33N3O/c1-18(15-22-11-13-24-14-12-22)23(16-19-5-3-2-4-6-19)17-20-7-9-21-10-8-20/h2-6,18,20-21H,7-17H2,1H3/t18-/m0/s1. The molecule has 2 saturated heterocycles. The average molecular weight is 332 g/mol. The molecule has 0 aliphatic carbocycles. The normalized spacial score (nSPS) is 21.9. The van der Waals surface area contributed by atoms with E-state index in [1.807, 2.05) is 0 Å². The Hall–Kier alpha value is -0.940. The van der Waals surface area contributed by atoms with Crippen molar-refractivity contribution >= 4 is 0 Å². The van der Waals surface area contributed by atoms with Crippen LogP contribution in [0.4, 0.5) is 0 Å². The maximum atomic E-state index is 5.50. The summed E-state index contributed by atoms with van der Waals surface area (Å²) in [7, 11) is 0. The maximum Gasteiger partial charge on any atom is 0.0594 e. The highest BCUT2D eigenvalue weighted by molar-refractivity contribution is 5.14. The zero-order valence-corrected chi connectivity index (χ0v) is 15.1. The van der Waals surface area contributed by atoms with Gasteiger partial charge in [-0.1, -0.05) is 30.3 Å². The summed E-state index contributed by atoms with van der Waals surface area (Å²) in [5, 5.41) is 3.49. The molecule has 1 atom stereocenters. The molecule has 0 saturated carbocycles. The monoisotopic (exact) mass is 331 g/mol. The molecule has 0 unspecified atom stereocenters. The fourth-order valence-electron chi connectivity index (χ4n) is 3.89. The molecule has 2 heterocycles. The van der Waals surface area contributed by atoms with E-state index in [4.69, 9.17) is 4.74 Å². The summed E-state index contributed by atoms with van der Waals surface area (Å²) in [4.78, 5) is 5.27. The van der Waals surface area contributed by atoms with Crippen LogP contribution in [0.2, 0.25) is 0 Å². The molecule has 24 heavy (non-hydrogen) atoms. The van der Waals surface area contributed by atoms with Gasteiger partial charge in [0.2, 0.25) is 0 Å². The molecule has 134 valence electrons. The number of rotatable bonds is 7. The Morgan fingerprint density at radius 3 is 2.58 bits per heavy atom. The minimum absolute atomic E-state index is 0.582. The van der Waals surface area contributed by atoms with Crippen molar-refractivity contribution in [2.24, 2.45) is 5.92 Å². The smallest absolute Gasteiger partial charge is 0.0594 e. The third-order valence-corrected chi connectivity index (χ3v) is 5.43. The van der Waals surface area contributed by atoms with E-state index in [1.54, 1.807) is 0 Å². The molecule has 0 radical (unpaired) electrons. The first-order valence-corrected chi connectivity index (χ1v) is 9.60. The van der Waals surface area contributed by atoms with Gasteiger partial charge in [0.05, 0.1) is 13.2 Å². The Kier molecular flexibility index (Phi) is 7.09. The lowest BCUT2D eigenvalue weighted by Crippen LogP contribution is -2.47. The van der Waals surface area contributed by atoms with E-state index in [0.717, 1.165) is 45.3 Å². The highest BCUT2D eigenvalue weighted by Crippen LogP contribution is 2.18. The minimum atomic E-state index is 0.582. The van der Waals surface area contributed by atoms with Gasteiger partial charge in [-0.15, -0.1) is 0 Å². The summed E-state index contributed by atoms with van der Waals surface area (Å²) in [5.41, 5.74) is 1.43. The second kappa shape index (κ2) is 9.52. The van der Waals surface area contributed by atoms with Crippen LogP contribution in [0.5, 0.6) is 0 Å². The van der Waals surface area contributed by atoms with Gasteiger partial charge in [0.25, 0.3) is 0 Å². The molecule has 4 nitrogen and oxygen atoms in total. The van der Waals surface area contributed by atoms with Crippen molar-refractivity contribution in [1.29, 1.82) is 0 Å². The number of ether oxygens (including phenoxy) is 1. The van der Waals surface area contributed by atoms with Gasteiger partial charge in [0, 0.05) is 38.8 Å². The van der Waals surface area contributed by atoms with Gasteiger partial charge in [-0.2, -0.15) is 0 Å². The summed E-state index contributed by atoms with van der Waals surface area (Å²) >= 11 is 0. The van der Waals surface area contributed by atoms with Crippen LogP contribution >= 0.6 is 0 Å². The highest BCUT2D eigenvalue weighted by atomic mass is 16.5. The van der Waals surface area contributed by atoms with Crippen molar-refractivity contribution in [2.45, 2.75) is 32.4 Å². The Labute approximate surface area is 147 Å². The second-order valence-corrected chi connectivity index (χ2v) is 7.37. The highest BCUT2D eigenvalue weighted by Gasteiger charge is 2.23. The van der Waals surface area contributed by atoms with Crippen molar-refractivity contribution in [1.82, 2.24) is 15.1 Å². The lowest BCUT2D eigenvalue weighted by Gasteiger charge is -2.37. The first kappa shape index (κ1) is 17.9. The van der Waals surface area contributed by atoms with Crippen molar-refractivity contribution in [3.8, 4) is 0 Å². The Bertz CT molecular complexity index is 455. The Morgan fingerprint density at radius 1 is 1.17 bits per heavy atom. The minimum Gasteiger partial charge on any atom is -0.379 e. The Morgan fingerprint density at radius 2 is 1.88 bits per heavy atom. The van der Waals surface area contributed by atoms with E-state index in [2.05, 4.69) is 52.4 Å². The van der Waals surface area contributed by atoms with Gasteiger partial charge in [-0.05, 0) is 44.3 Å². The van der Waals surface area contributed by atoms with Gasteiger partial charge < -0.3 is 10.1 Å². The predicted octanol–water partition coefficient (Wildman–Crippen LogP) is 2.21. The fourth-order valence-corrected chi connectivity index (χ4v) is 3.89. The quantitative estimate of drug-likeness (QED) is 0.829. The van der Waals surface area contributed by atoms with Gasteiger partial charge in [-0.3, -0.25) is 9.80 Å². The Balaban J connectivity index is 1.60. The molecule has 1 aromatic carbocycles. The second-order valence-electron chi connectivity index (χ2n) is 7.37.